The second-order valence-electron chi connectivity index (χ2n) is 2.94. The fraction of sp³-hybridized carbons (Fsp3) is 0. The van der Waals surface area contributed by atoms with Gasteiger partial charge in [0.1, 0.15) is 5.75 Å². The third kappa shape index (κ3) is 2.40. The molecule has 1 aromatic heterocycles. The van der Waals surface area contributed by atoms with Gasteiger partial charge in [-0.05, 0) is 24.3 Å². The van der Waals surface area contributed by atoms with E-state index in [2.05, 4.69) is 4.98 Å². The summed E-state index contributed by atoms with van der Waals surface area (Å²) in [6.45, 7) is 0. The molecule has 74 valence electrons. The molecule has 0 aliphatic heterocycles. The van der Waals surface area contributed by atoms with Crippen LogP contribution in [0.3, 0.4) is 0 Å². The maximum Gasteiger partial charge on any atom is 0.343 e. The van der Waals surface area contributed by atoms with Crippen LogP contribution in [0.15, 0.2) is 54.9 Å². The molecule has 0 aliphatic rings. The number of pyridine rings is 1. The highest BCUT2D eigenvalue weighted by molar-refractivity contribution is 5.90. The summed E-state index contributed by atoms with van der Waals surface area (Å²) in [6.07, 6.45) is 3.15. The van der Waals surface area contributed by atoms with Crippen LogP contribution < -0.4 is 4.74 Å². The molecule has 2 rings (SSSR count). The van der Waals surface area contributed by atoms with E-state index in [4.69, 9.17) is 4.74 Å². The maximum absolute atomic E-state index is 11.6. The summed E-state index contributed by atoms with van der Waals surface area (Å²) in [4.78, 5) is 15.4. The number of benzene rings is 1. The molecule has 2 aromatic rings. The molecule has 0 unspecified atom stereocenters. The van der Waals surface area contributed by atoms with Crippen molar-refractivity contribution in [2.75, 3.05) is 0 Å². The van der Waals surface area contributed by atoms with Gasteiger partial charge in [0.25, 0.3) is 0 Å². The molecule has 0 saturated carbocycles. The Balaban J connectivity index is 2.12. The van der Waals surface area contributed by atoms with E-state index in [1.54, 1.807) is 48.8 Å². The van der Waals surface area contributed by atoms with Gasteiger partial charge in [0.15, 0.2) is 0 Å². The normalized spacial score (nSPS) is 9.60. The molecule has 0 spiro atoms. The van der Waals surface area contributed by atoms with Crippen LogP contribution in [-0.2, 0) is 0 Å². The highest BCUT2D eigenvalue weighted by Gasteiger charge is 2.06. The van der Waals surface area contributed by atoms with Gasteiger partial charge in [-0.1, -0.05) is 18.2 Å². The number of esters is 1. The molecule has 1 aromatic carbocycles. The summed E-state index contributed by atoms with van der Waals surface area (Å²) in [5.74, 6) is 0.139. The van der Waals surface area contributed by atoms with Crippen LogP contribution in [0.2, 0.25) is 0 Å². The standard InChI is InChI=1S/C12H9NO2/c14-12(10-4-2-1-3-5-10)15-11-6-8-13-9-7-11/h1-9H. The first-order valence-electron chi connectivity index (χ1n) is 4.53. The zero-order valence-electron chi connectivity index (χ0n) is 7.96. The predicted octanol–water partition coefficient (Wildman–Crippen LogP) is 2.30. The third-order valence-electron chi connectivity index (χ3n) is 1.87. The first kappa shape index (κ1) is 9.40. The molecule has 0 amide bonds. The summed E-state index contributed by atoms with van der Waals surface area (Å²) >= 11 is 0. The van der Waals surface area contributed by atoms with Crippen LogP contribution in [0.1, 0.15) is 10.4 Å². The zero-order chi connectivity index (χ0) is 10.5. The third-order valence-corrected chi connectivity index (χ3v) is 1.87. The smallest absolute Gasteiger partial charge is 0.343 e. The van der Waals surface area contributed by atoms with Crippen molar-refractivity contribution in [3.63, 3.8) is 0 Å². The maximum atomic E-state index is 11.6. The van der Waals surface area contributed by atoms with Gasteiger partial charge in [0, 0.05) is 12.4 Å². The summed E-state index contributed by atoms with van der Waals surface area (Å²) < 4.78 is 5.12. The molecule has 3 nitrogen and oxygen atoms in total. The summed E-state index contributed by atoms with van der Waals surface area (Å²) in [7, 11) is 0. The Morgan fingerprint density at radius 3 is 2.33 bits per heavy atom. The predicted molar refractivity (Wildman–Crippen MR) is 55.6 cm³/mol. The van der Waals surface area contributed by atoms with Crippen molar-refractivity contribution in [2.24, 2.45) is 0 Å². The van der Waals surface area contributed by atoms with E-state index >= 15 is 0 Å². The first-order valence-corrected chi connectivity index (χ1v) is 4.53. The zero-order valence-corrected chi connectivity index (χ0v) is 7.96. The molecule has 0 N–H and O–H groups in total. The molecule has 0 bridgehead atoms. The van der Waals surface area contributed by atoms with Gasteiger partial charge in [-0.2, -0.15) is 0 Å². The van der Waals surface area contributed by atoms with Crippen LogP contribution >= 0.6 is 0 Å². The van der Waals surface area contributed by atoms with Gasteiger partial charge in [-0.3, -0.25) is 4.98 Å². The minimum atomic E-state index is -0.359. The average molecular weight is 199 g/mol. The van der Waals surface area contributed by atoms with E-state index in [0.29, 0.717) is 11.3 Å². The second kappa shape index (κ2) is 4.37. The lowest BCUT2D eigenvalue weighted by Crippen LogP contribution is -2.07. The number of rotatable bonds is 2. The van der Waals surface area contributed by atoms with Crippen LogP contribution in [0, 0.1) is 0 Å². The van der Waals surface area contributed by atoms with Gasteiger partial charge in [0.05, 0.1) is 5.56 Å². The highest BCUT2D eigenvalue weighted by atomic mass is 16.5. The largest absolute Gasteiger partial charge is 0.423 e. The molecule has 0 radical (unpaired) electrons. The van der Waals surface area contributed by atoms with E-state index < -0.39 is 0 Å². The number of aromatic nitrogens is 1. The number of nitrogens with zero attached hydrogens (tertiary/aromatic N) is 1. The Hall–Kier alpha value is -2.16. The first-order chi connectivity index (χ1) is 7.36. The summed E-state index contributed by atoms with van der Waals surface area (Å²) in [6, 6.07) is 12.1. The van der Waals surface area contributed by atoms with Gasteiger partial charge in [0.2, 0.25) is 0 Å². The number of carbonyl (C=O) groups is 1. The van der Waals surface area contributed by atoms with Crippen molar-refractivity contribution in [1.82, 2.24) is 4.98 Å². The van der Waals surface area contributed by atoms with Crippen molar-refractivity contribution in [2.45, 2.75) is 0 Å². The van der Waals surface area contributed by atoms with E-state index in [1.807, 2.05) is 6.07 Å². The number of ether oxygens (including phenoxy) is 1. The Labute approximate surface area is 87.3 Å². The topological polar surface area (TPSA) is 39.2 Å². The van der Waals surface area contributed by atoms with Crippen LogP contribution in [0.5, 0.6) is 5.75 Å². The number of hydrogen-bond donors (Lipinski definition) is 0. The van der Waals surface area contributed by atoms with Gasteiger partial charge in [-0.15, -0.1) is 0 Å². The van der Waals surface area contributed by atoms with E-state index in [9.17, 15) is 4.79 Å². The van der Waals surface area contributed by atoms with Gasteiger partial charge >= 0.3 is 5.97 Å². The lowest BCUT2D eigenvalue weighted by atomic mass is 10.2. The van der Waals surface area contributed by atoms with Crippen molar-refractivity contribution < 1.29 is 9.53 Å². The van der Waals surface area contributed by atoms with Crippen molar-refractivity contribution >= 4 is 5.97 Å². The van der Waals surface area contributed by atoms with Crippen LogP contribution in [0.25, 0.3) is 0 Å². The van der Waals surface area contributed by atoms with Crippen molar-refractivity contribution in [3.05, 3.63) is 60.4 Å². The van der Waals surface area contributed by atoms with Crippen molar-refractivity contribution in [3.8, 4) is 5.75 Å². The van der Waals surface area contributed by atoms with E-state index in [0.717, 1.165) is 0 Å². The minimum absolute atomic E-state index is 0.359. The Morgan fingerprint density at radius 2 is 1.67 bits per heavy atom. The molecular formula is C12H9NO2. The Kier molecular flexibility index (Phi) is 2.74. The lowest BCUT2D eigenvalue weighted by molar-refractivity contribution is 0.0734. The van der Waals surface area contributed by atoms with E-state index in [1.165, 1.54) is 0 Å². The molecule has 3 heteroatoms. The second-order valence-corrected chi connectivity index (χ2v) is 2.94. The molecule has 0 atom stereocenters. The molecule has 1 heterocycles. The summed E-state index contributed by atoms with van der Waals surface area (Å²) in [5.41, 5.74) is 0.536. The SMILES string of the molecule is O=C(Oc1ccncc1)c1ccccc1. The lowest BCUT2D eigenvalue weighted by Gasteiger charge is -2.02. The number of hydrogen-bond acceptors (Lipinski definition) is 3. The average Bonchev–Trinajstić information content (AvgIpc) is 2.31. The number of carbonyl (C=O) groups excluding carboxylic acids is 1. The van der Waals surface area contributed by atoms with Crippen LogP contribution in [-0.4, -0.2) is 11.0 Å². The summed E-state index contributed by atoms with van der Waals surface area (Å²) in [5, 5.41) is 0. The molecule has 0 saturated heterocycles. The van der Waals surface area contributed by atoms with Gasteiger partial charge in [-0.25, -0.2) is 4.79 Å². The fourth-order valence-electron chi connectivity index (χ4n) is 1.15. The molecule has 15 heavy (non-hydrogen) atoms. The minimum Gasteiger partial charge on any atom is -0.423 e. The van der Waals surface area contributed by atoms with Crippen LogP contribution in [0.4, 0.5) is 0 Å². The highest BCUT2D eigenvalue weighted by Crippen LogP contribution is 2.10. The van der Waals surface area contributed by atoms with E-state index in [-0.39, 0.29) is 5.97 Å². The molecule has 0 fully saturated rings. The molecule has 0 aliphatic carbocycles. The Bertz CT molecular complexity index is 440. The van der Waals surface area contributed by atoms with Crippen molar-refractivity contribution in [1.29, 1.82) is 0 Å². The Morgan fingerprint density at radius 1 is 1.00 bits per heavy atom. The molecular weight excluding hydrogens is 190 g/mol. The quantitative estimate of drug-likeness (QED) is 0.696. The fourth-order valence-corrected chi connectivity index (χ4v) is 1.15. The van der Waals surface area contributed by atoms with Gasteiger partial charge < -0.3 is 4.74 Å². The monoisotopic (exact) mass is 199 g/mol.